The predicted octanol–water partition coefficient (Wildman–Crippen LogP) is 2.18. The third kappa shape index (κ3) is 2.84. The summed E-state index contributed by atoms with van der Waals surface area (Å²) < 4.78 is 1.94. The van der Waals surface area contributed by atoms with Crippen LogP contribution < -0.4 is 5.32 Å². The fraction of sp³-hybridized carbons (Fsp3) is 0.727. The van der Waals surface area contributed by atoms with Gasteiger partial charge in [0.05, 0.1) is 11.4 Å². The Kier molecular flexibility index (Phi) is 3.00. The minimum Gasteiger partial charge on any atom is -0.304 e. The Morgan fingerprint density at radius 2 is 2.00 bits per heavy atom. The van der Waals surface area contributed by atoms with Crippen LogP contribution in [0, 0.1) is 6.92 Å². The molecule has 0 aliphatic rings. The zero-order chi connectivity index (χ0) is 10.9. The molecule has 0 spiro atoms. The van der Waals surface area contributed by atoms with Gasteiger partial charge in [-0.3, -0.25) is 4.68 Å². The van der Waals surface area contributed by atoms with E-state index in [-0.39, 0.29) is 5.54 Å². The van der Waals surface area contributed by atoms with Crippen LogP contribution in [0.4, 0.5) is 0 Å². The summed E-state index contributed by atoms with van der Waals surface area (Å²) in [5, 5.41) is 7.87. The lowest BCUT2D eigenvalue weighted by Crippen LogP contribution is -2.38. The molecule has 0 saturated carbocycles. The maximum atomic E-state index is 4.34. The van der Waals surface area contributed by atoms with Crippen LogP contribution in [-0.4, -0.2) is 15.3 Å². The van der Waals surface area contributed by atoms with Gasteiger partial charge in [0, 0.05) is 18.6 Å². The van der Waals surface area contributed by atoms with Gasteiger partial charge < -0.3 is 5.32 Å². The van der Waals surface area contributed by atoms with E-state index in [0.717, 1.165) is 5.69 Å². The zero-order valence-corrected chi connectivity index (χ0v) is 10.0. The van der Waals surface area contributed by atoms with Gasteiger partial charge in [-0.1, -0.05) is 0 Å². The van der Waals surface area contributed by atoms with E-state index in [2.05, 4.69) is 44.2 Å². The van der Waals surface area contributed by atoms with Crippen LogP contribution in [0.3, 0.4) is 0 Å². The first-order valence-electron chi connectivity index (χ1n) is 5.08. The molecule has 1 heterocycles. The molecule has 0 saturated heterocycles. The van der Waals surface area contributed by atoms with Gasteiger partial charge in [0.2, 0.25) is 0 Å². The lowest BCUT2D eigenvalue weighted by Gasteiger charge is -2.26. The van der Waals surface area contributed by atoms with Gasteiger partial charge in [0.25, 0.3) is 0 Å². The topological polar surface area (TPSA) is 29.9 Å². The Balaban J connectivity index is 2.79. The second-order valence-corrected chi connectivity index (χ2v) is 4.95. The smallest absolute Gasteiger partial charge is 0.0597 e. The second kappa shape index (κ2) is 3.73. The van der Waals surface area contributed by atoms with E-state index >= 15 is 0 Å². The summed E-state index contributed by atoms with van der Waals surface area (Å²) in [6.45, 7) is 10.7. The van der Waals surface area contributed by atoms with Crippen molar-refractivity contribution in [3.05, 3.63) is 17.5 Å². The Morgan fingerprint density at radius 3 is 2.36 bits per heavy atom. The quantitative estimate of drug-likeness (QED) is 0.784. The normalized spacial score (nSPS) is 14.4. The van der Waals surface area contributed by atoms with Gasteiger partial charge in [0.1, 0.15) is 0 Å². The van der Waals surface area contributed by atoms with Crippen molar-refractivity contribution in [1.29, 1.82) is 0 Å². The molecule has 3 heteroatoms. The molecule has 80 valence electrons. The first-order valence-corrected chi connectivity index (χ1v) is 5.08. The molecule has 0 fully saturated rings. The second-order valence-electron chi connectivity index (χ2n) is 4.95. The van der Waals surface area contributed by atoms with Crippen LogP contribution in [0.2, 0.25) is 0 Å². The van der Waals surface area contributed by atoms with E-state index in [1.165, 1.54) is 5.69 Å². The Labute approximate surface area is 86.5 Å². The lowest BCUT2D eigenvalue weighted by molar-refractivity contribution is 0.367. The van der Waals surface area contributed by atoms with E-state index in [4.69, 9.17) is 0 Å². The number of rotatable bonds is 2. The first kappa shape index (κ1) is 11.2. The molecule has 0 bridgehead atoms. The summed E-state index contributed by atoms with van der Waals surface area (Å²) in [5.41, 5.74) is 2.44. The largest absolute Gasteiger partial charge is 0.304 e. The fourth-order valence-corrected chi connectivity index (χ4v) is 1.76. The number of aryl methyl sites for hydroxylation is 2. The molecule has 1 aromatic rings. The summed E-state index contributed by atoms with van der Waals surface area (Å²) >= 11 is 0. The van der Waals surface area contributed by atoms with Gasteiger partial charge >= 0.3 is 0 Å². The minimum absolute atomic E-state index is 0.136. The summed E-state index contributed by atoms with van der Waals surface area (Å²) in [6, 6.07) is 2.46. The monoisotopic (exact) mass is 195 g/mol. The van der Waals surface area contributed by atoms with E-state index in [0.29, 0.717) is 6.04 Å². The maximum absolute atomic E-state index is 4.34. The summed E-state index contributed by atoms with van der Waals surface area (Å²) in [6.07, 6.45) is 0. The van der Waals surface area contributed by atoms with Crippen molar-refractivity contribution >= 4 is 0 Å². The van der Waals surface area contributed by atoms with Crippen molar-refractivity contribution in [3.63, 3.8) is 0 Å². The lowest BCUT2D eigenvalue weighted by atomic mass is 10.1. The summed E-state index contributed by atoms with van der Waals surface area (Å²) in [4.78, 5) is 0. The molecular formula is C11H21N3. The molecule has 0 radical (unpaired) electrons. The van der Waals surface area contributed by atoms with Gasteiger partial charge in [0.15, 0.2) is 0 Å². The van der Waals surface area contributed by atoms with Crippen molar-refractivity contribution in [2.75, 3.05) is 0 Å². The fourth-order valence-electron chi connectivity index (χ4n) is 1.76. The zero-order valence-electron chi connectivity index (χ0n) is 10.0. The van der Waals surface area contributed by atoms with Crippen molar-refractivity contribution in [2.45, 2.75) is 46.2 Å². The summed E-state index contributed by atoms with van der Waals surface area (Å²) in [5.74, 6) is 0. The Bertz CT molecular complexity index is 307. The van der Waals surface area contributed by atoms with E-state index in [1.54, 1.807) is 0 Å². The van der Waals surface area contributed by atoms with E-state index in [9.17, 15) is 0 Å². The molecule has 14 heavy (non-hydrogen) atoms. The molecule has 1 N–H and O–H groups in total. The van der Waals surface area contributed by atoms with Gasteiger partial charge in [-0.2, -0.15) is 5.10 Å². The molecular weight excluding hydrogens is 174 g/mol. The van der Waals surface area contributed by atoms with Crippen molar-refractivity contribution in [3.8, 4) is 0 Å². The highest BCUT2D eigenvalue weighted by molar-refractivity contribution is 5.12. The number of hydrogen-bond donors (Lipinski definition) is 1. The molecule has 0 amide bonds. The average Bonchev–Trinajstić information content (AvgIpc) is 2.26. The number of aromatic nitrogens is 2. The van der Waals surface area contributed by atoms with Gasteiger partial charge in [-0.25, -0.2) is 0 Å². The van der Waals surface area contributed by atoms with Crippen LogP contribution in [0.5, 0.6) is 0 Å². The highest BCUT2D eigenvalue weighted by Gasteiger charge is 2.17. The van der Waals surface area contributed by atoms with E-state index < -0.39 is 0 Å². The molecule has 1 rings (SSSR count). The number of hydrogen-bond acceptors (Lipinski definition) is 2. The van der Waals surface area contributed by atoms with Gasteiger partial charge in [-0.05, 0) is 40.7 Å². The predicted molar refractivity (Wildman–Crippen MR) is 59.2 cm³/mol. The van der Waals surface area contributed by atoms with Gasteiger partial charge in [-0.15, -0.1) is 0 Å². The number of nitrogens with one attached hydrogen (secondary N) is 1. The summed E-state index contributed by atoms with van der Waals surface area (Å²) in [7, 11) is 1.99. The highest BCUT2D eigenvalue weighted by Crippen LogP contribution is 2.16. The molecule has 3 nitrogen and oxygen atoms in total. The van der Waals surface area contributed by atoms with Crippen molar-refractivity contribution in [1.82, 2.24) is 15.1 Å². The highest BCUT2D eigenvalue weighted by atomic mass is 15.3. The third-order valence-electron chi connectivity index (χ3n) is 2.13. The maximum Gasteiger partial charge on any atom is 0.0597 e. The van der Waals surface area contributed by atoms with Crippen molar-refractivity contribution < 1.29 is 0 Å². The Morgan fingerprint density at radius 1 is 1.43 bits per heavy atom. The molecule has 1 atom stereocenters. The van der Waals surface area contributed by atoms with Crippen LogP contribution in [0.25, 0.3) is 0 Å². The third-order valence-corrected chi connectivity index (χ3v) is 2.13. The molecule has 1 aromatic heterocycles. The standard InChI is InChI=1S/C11H21N3/c1-8-7-10(14(6)13-8)9(2)12-11(3,4)5/h7,9,12H,1-6H3. The SMILES string of the molecule is Cc1cc(C(C)NC(C)(C)C)n(C)n1. The van der Waals surface area contributed by atoms with Crippen LogP contribution in [-0.2, 0) is 7.05 Å². The number of nitrogens with zero attached hydrogens (tertiary/aromatic N) is 2. The molecule has 0 aromatic carbocycles. The molecule has 0 aliphatic carbocycles. The molecule has 0 aliphatic heterocycles. The first-order chi connectivity index (χ1) is 6.29. The minimum atomic E-state index is 0.136. The van der Waals surface area contributed by atoms with Crippen molar-refractivity contribution in [2.24, 2.45) is 7.05 Å². The molecule has 1 unspecified atom stereocenters. The van der Waals surface area contributed by atoms with E-state index in [1.807, 2.05) is 18.7 Å². The van der Waals surface area contributed by atoms with Crippen LogP contribution in [0.1, 0.15) is 45.1 Å². The Hall–Kier alpha value is -0.830. The average molecular weight is 195 g/mol. The van der Waals surface area contributed by atoms with Crippen LogP contribution >= 0.6 is 0 Å². The van der Waals surface area contributed by atoms with Crippen LogP contribution in [0.15, 0.2) is 6.07 Å².